The molecule has 0 aromatic heterocycles. The van der Waals surface area contributed by atoms with E-state index < -0.39 is 30.4 Å². The van der Waals surface area contributed by atoms with E-state index in [0.717, 1.165) is 12.0 Å². The quantitative estimate of drug-likeness (QED) is 0.143. The molecule has 0 radical (unpaired) electrons. The number of ether oxygens (including phenoxy) is 4. The Balaban J connectivity index is 2.11. The van der Waals surface area contributed by atoms with Gasteiger partial charge in [0.2, 0.25) is 0 Å². The van der Waals surface area contributed by atoms with Crippen LogP contribution in [0.5, 0.6) is 0 Å². The number of thiocarbonyl (C=S) groups is 1. The Hall–Kier alpha value is -2.60. The summed E-state index contributed by atoms with van der Waals surface area (Å²) in [5.41, 5.74) is 7.74. The van der Waals surface area contributed by atoms with Crippen molar-refractivity contribution in [2.45, 2.75) is 58.5 Å². The highest BCUT2D eigenvalue weighted by atomic mass is 32.1. The number of carbonyl (C=O) groups excluding carboxylic acids is 2. The molecule has 1 rings (SSSR count). The molecule has 0 saturated carbocycles. The first-order valence-corrected chi connectivity index (χ1v) is 12.8. The second-order valence-electron chi connectivity index (χ2n) is 9.07. The predicted octanol–water partition coefficient (Wildman–Crippen LogP) is 2.22. The molecular weight excluding hydrogens is 500 g/mol. The number of carboxylic acids is 1. The lowest BCUT2D eigenvalue weighted by Gasteiger charge is -2.17. The average molecular weight is 541 g/mol. The number of nitrogens with one attached hydrogen (secondary N) is 1. The fourth-order valence-corrected chi connectivity index (χ4v) is 3.28. The normalized spacial score (nSPS) is 13.5. The molecule has 11 heteroatoms. The van der Waals surface area contributed by atoms with Crippen LogP contribution in [0.3, 0.4) is 0 Å². The third kappa shape index (κ3) is 14.1. The van der Waals surface area contributed by atoms with Gasteiger partial charge in [0, 0.05) is 0 Å². The van der Waals surface area contributed by atoms with E-state index in [2.05, 4.69) is 19.2 Å². The maximum absolute atomic E-state index is 12.3. The molecule has 3 atom stereocenters. The van der Waals surface area contributed by atoms with Crippen LogP contribution in [0.4, 0.5) is 0 Å². The number of hydrogen-bond acceptors (Lipinski definition) is 9. The second-order valence-corrected chi connectivity index (χ2v) is 9.51. The zero-order valence-corrected chi connectivity index (χ0v) is 22.9. The minimum absolute atomic E-state index is 0.0309. The summed E-state index contributed by atoms with van der Waals surface area (Å²) in [7, 11) is 0. The van der Waals surface area contributed by atoms with Gasteiger partial charge in [-0.05, 0) is 37.3 Å². The van der Waals surface area contributed by atoms with Gasteiger partial charge in [0.05, 0.1) is 49.8 Å². The van der Waals surface area contributed by atoms with E-state index >= 15 is 0 Å². The molecule has 37 heavy (non-hydrogen) atoms. The Kier molecular flexibility index (Phi) is 15.6. The van der Waals surface area contributed by atoms with Gasteiger partial charge < -0.3 is 35.1 Å². The topological polar surface area (TPSA) is 146 Å². The predicted molar refractivity (Wildman–Crippen MR) is 142 cm³/mol. The smallest absolute Gasteiger partial charge is 0.326 e. The monoisotopic (exact) mass is 540 g/mol. The first kappa shape index (κ1) is 32.4. The van der Waals surface area contributed by atoms with Crippen molar-refractivity contribution in [1.82, 2.24) is 5.32 Å². The van der Waals surface area contributed by atoms with E-state index in [1.807, 2.05) is 31.2 Å². The first-order chi connectivity index (χ1) is 17.5. The zero-order chi connectivity index (χ0) is 27.8. The third-order valence-electron chi connectivity index (χ3n) is 5.21. The van der Waals surface area contributed by atoms with Crippen molar-refractivity contribution >= 4 is 35.1 Å². The van der Waals surface area contributed by atoms with Gasteiger partial charge in [-0.25, -0.2) is 4.79 Å². The van der Waals surface area contributed by atoms with E-state index in [9.17, 15) is 19.5 Å². The number of hydrogen-bond donors (Lipinski definition) is 3. The zero-order valence-electron chi connectivity index (χ0n) is 22.1. The molecule has 0 bridgehead atoms. The van der Waals surface area contributed by atoms with E-state index in [1.165, 1.54) is 5.56 Å². The molecule has 0 unspecified atom stereocenters. The third-order valence-corrected chi connectivity index (χ3v) is 5.70. The maximum Gasteiger partial charge on any atom is 0.326 e. The first-order valence-electron chi connectivity index (χ1n) is 12.4. The summed E-state index contributed by atoms with van der Waals surface area (Å²) in [6.45, 7) is 8.75. The van der Waals surface area contributed by atoms with E-state index in [1.54, 1.807) is 6.92 Å². The van der Waals surface area contributed by atoms with Crippen LogP contribution >= 0.6 is 12.2 Å². The van der Waals surface area contributed by atoms with Crippen molar-refractivity contribution < 1.29 is 38.4 Å². The number of nitrogens with two attached hydrogens (primary N) is 1. The van der Waals surface area contributed by atoms with Gasteiger partial charge in [0.15, 0.2) is 0 Å². The lowest BCUT2D eigenvalue weighted by atomic mass is 9.97. The number of benzene rings is 1. The Labute approximate surface area is 224 Å². The van der Waals surface area contributed by atoms with Crippen molar-refractivity contribution in [3.05, 3.63) is 35.4 Å². The summed E-state index contributed by atoms with van der Waals surface area (Å²) in [5, 5.41) is 11.7. The highest BCUT2D eigenvalue weighted by molar-refractivity contribution is 7.80. The lowest BCUT2D eigenvalue weighted by Crippen LogP contribution is -2.47. The van der Waals surface area contributed by atoms with E-state index in [-0.39, 0.29) is 56.5 Å². The minimum Gasteiger partial charge on any atom is -0.480 e. The van der Waals surface area contributed by atoms with Gasteiger partial charge in [-0.2, -0.15) is 0 Å². The molecule has 1 aromatic carbocycles. The highest BCUT2D eigenvalue weighted by Crippen LogP contribution is 2.18. The van der Waals surface area contributed by atoms with Gasteiger partial charge in [-0.3, -0.25) is 9.59 Å². The fourth-order valence-electron chi connectivity index (χ4n) is 3.14. The van der Waals surface area contributed by atoms with Crippen molar-refractivity contribution in [3.63, 3.8) is 0 Å². The maximum atomic E-state index is 12.3. The molecule has 0 heterocycles. The average Bonchev–Trinajstić information content (AvgIpc) is 2.84. The molecule has 0 fully saturated rings. The van der Waals surface area contributed by atoms with Gasteiger partial charge >= 0.3 is 17.9 Å². The molecule has 0 spiro atoms. The minimum atomic E-state index is -1.23. The fraction of sp³-hybridized carbons (Fsp3) is 0.615. The molecule has 0 aliphatic rings. The van der Waals surface area contributed by atoms with Crippen molar-refractivity contribution in [2.24, 2.45) is 11.7 Å². The van der Waals surface area contributed by atoms with Crippen LogP contribution in [0.25, 0.3) is 0 Å². The molecular formula is C26H40N2O8S. The van der Waals surface area contributed by atoms with Crippen LogP contribution in [0, 0.1) is 5.92 Å². The number of carboxylic acid groups (broad SMARTS) is 1. The van der Waals surface area contributed by atoms with E-state index in [0.29, 0.717) is 5.92 Å². The Bertz CT molecular complexity index is 861. The SMILES string of the molecule is CC(C)Cc1ccc([C@H](C)C(=O)OCCOCCOCCOC(=O)C[C@H](NC(=S)[C@H](C)N)C(=O)O)cc1. The molecule has 0 aliphatic carbocycles. The van der Waals surface area contributed by atoms with Crippen LogP contribution in [0.2, 0.25) is 0 Å². The summed E-state index contributed by atoms with van der Waals surface area (Å²) in [5.74, 6) is -2.02. The van der Waals surface area contributed by atoms with E-state index in [4.69, 9.17) is 36.9 Å². The lowest BCUT2D eigenvalue weighted by molar-refractivity contribution is -0.150. The van der Waals surface area contributed by atoms with Gasteiger partial charge in [0.1, 0.15) is 19.3 Å². The number of aliphatic carboxylic acids is 1. The molecule has 0 amide bonds. The van der Waals surface area contributed by atoms with Gasteiger partial charge in [0.25, 0.3) is 0 Å². The molecule has 1 aromatic rings. The summed E-state index contributed by atoms with van der Waals surface area (Å²) in [4.78, 5) is 35.5. The molecule has 208 valence electrons. The number of rotatable bonds is 18. The number of esters is 2. The largest absolute Gasteiger partial charge is 0.480 e. The Morgan fingerprint density at radius 1 is 0.919 bits per heavy atom. The summed E-state index contributed by atoms with van der Waals surface area (Å²) in [6.07, 6.45) is 0.604. The molecule has 10 nitrogen and oxygen atoms in total. The molecule has 4 N–H and O–H groups in total. The van der Waals surface area contributed by atoms with Crippen molar-refractivity contribution in [2.75, 3.05) is 39.6 Å². The highest BCUT2D eigenvalue weighted by Gasteiger charge is 2.23. The summed E-state index contributed by atoms with van der Waals surface area (Å²) in [6, 6.07) is 6.28. The van der Waals surface area contributed by atoms with Gasteiger partial charge in [-0.15, -0.1) is 0 Å². The molecule has 0 aliphatic heterocycles. The van der Waals surface area contributed by atoms with Crippen LogP contribution < -0.4 is 11.1 Å². The Morgan fingerprint density at radius 3 is 1.97 bits per heavy atom. The van der Waals surface area contributed by atoms with Crippen LogP contribution in [0.1, 0.15) is 51.2 Å². The Morgan fingerprint density at radius 2 is 1.46 bits per heavy atom. The summed E-state index contributed by atoms with van der Waals surface area (Å²) >= 11 is 4.95. The van der Waals surface area contributed by atoms with Crippen LogP contribution in [0.15, 0.2) is 24.3 Å². The van der Waals surface area contributed by atoms with Gasteiger partial charge in [-0.1, -0.05) is 50.3 Å². The standard InChI is InChI=1S/C26H40N2O8S/c1-17(2)15-20-5-7-21(8-6-20)18(3)26(32)36-14-12-34-10-9-33-11-13-35-23(29)16-22(25(30)31)28-24(37)19(4)27/h5-8,17-19,22H,9-16,27H2,1-4H3,(H,28,37)(H,30,31)/t18-,19-,22-/m0/s1. The van der Waals surface area contributed by atoms with Crippen LogP contribution in [-0.2, 0) is 39.8 Å². The van der Waals surface area contributed by atoms with Crippen molar-refractivity contribution in [1.29, 1.82) is 0 Å². The summed E-state index contributed by atoms with van der Waals surface area (Å²) < 4.78 is 21.0. The number of carbonyl (C=O) groups is 3. The van der Waals surface area contributed by atoms with Crippen molar-refractivity contribution in [3.8, 4) is 0 Å². The second kappa shape index (κ2) is 17.8. The molecule has 0 saturated heterocycles. The van der Waals surface area contributed by atoms with Crippen LogP contribution in [-0.4, -0.2) is 79.7 Å².